The summed E-state index contributed by atoms with van der Waals surface area (Å²) in [7, 11) is 1.55. The predicted molar refractivity (Wildman–Crippen MR) is 67.8 cm³/mol. The molecule has 94 valence electrons. The van der Waals surface area contributed by atoms with Gasteiger partial charge in [-0.05, 0) is 25.1 Å². The number of benzene rings is 1. The van der Waals surface area contributed by atoms with Crippen LogP contribution in [0.5, 0.6) is 0 Å². The third kappa shape index (κ3) is 2.20. The van der Waals surface area contributed by atoms with Crippen LogP contribution in [0, 0.1) is 0 Å². The molecular formula is C13H15N3O2. The summed E-state index contributed by atoms with van der Waals surface area (Å²) in [4.78, 5) is 12.2. The highest BCUT2D eigenvalue weighted by molar-refractivity contribution is 5.65. The lowest BCUT2D eigenvalue weighted by Crippen LogP contribution is -2.29. The molecule has 18 heavy (non-hydrogen) atoms. The molecule has 2 rings (SSSR count). The maximum Gasteiger partial charge on any atom is 0.407 e. The van der Waals surface area contributed by atoms with Crippen molar-refractivity contribution in [2.24, 2.45) is 0 Å². The van der Waals surface area contributed by atoms with Gasteiger partial charge < -0.3 is 10.0 Å². The number of carboxylic acid groups (broad SMARTS) is 1. The van der Waals surface area contributed by atoms with Gasteiger partial charge in [0.1, 0.15) is 0 Å². The maximum absolute atomic E-state index is 11.0. The highest BCUT2D eigenvalue weighted by Crippen LogP contribution is 2.21. The Balaban J connectivity index is 2.37. The van der Waals surface area contributed by atoms with Gasteiger partial charge in [0, 0.05) is 13.2 Å². The summed E-state index contributed by atoms with van der Waals surface area (Å²) in [6, 6.07) is 11.2. The molecule has 1 unspecified atom stereocenters. The van der Waals surface area contributed by atoms with E-state index >= 15 is 0 Å². The Morgan fingerprint density at radius 1 is 1.33 bits per heavy atom. The molecule has 5 nitrogen and oxygen atoms in total. The molecule has 0 aliphatic carbocycles. The second-order valence-corrected chi connectivity index (χ2v) is 4.07. The van der Waals surface area contributed by atoms with Crippen molar-refractivity contribution in [2.75, 3.05) is 7.05 Å². The Kier molecular flexibility index (Phi) is 3.32. The molecule has 1 aromatic heterocycles. The minimum absolute atomic E-state index is 0.259. The van der Waals surface area contributed by atoms with Crippen LogP contribution in [-0.4, -0.2) is 32.9 Å². The number of nitrogens with zero attached hydrogens (tertiary/aromatic N) is 3. The minimum Gasteiger partial charge on any atom is -0.465 e. The first-order valence-electron chi connectivity index (χ1n) is 5.66. The Morgan fingerprint density at radius 2 is 2.00 bits per heavy atom. The number of hydrogen-bond acceptors (Lipinski definition) is 2. The summed E-state index contributed by atoms with van der Waals surface area (Å²) in [6.07, 6.45) is 0.720. The van der Waals surface area contributed by atoms with Crippen molar-refractivity contribution >= 4 is 6.09 Å². The molecule has 0 radical (unpaired) electrons. The number of rotatable bonds is 3. The third-order valence-corrected chi connectivity index (χ3v) is 2.98. The van der Waals surface area contributed by atoms with Gasteiger partial charge in [-0.15, -0.1) is 0 Å². The van der Waals surface area contributed by atoms with E-state index in [9.17, 15) is 4.79 Å². The first-order valence-corrected chi connectivity index (χ1v) is 5.66. The van der Waals surface area contributed by atoms with Crippen LogP contribution in [0.2, 0.25) is 0 Å². The van der Waals surface area contributed by atoms with E-state index in [0.29, 0.717) is 0 Å². The fourth-order valence-electron chi connectivity index (χ4n) is 1.78. The average molecular weight is 245 g/mol. The highest BCUT2D eigenvalue weighted by atomic mass is 16.4. The Hall–Kier alpha value is -2.30. The number of carbonyl (C=O) groups is 1. The maximum atomic E-state index is 11.0. The molecule has 1 amide bonds. The molecule has 0 spiro atoms. The first kappa shape index (κ1) is 12.2. The van der Waals surface area contributed by atoms with E-state index in [4.69, 9.17) is 5.11 Å². The topological polar surface area (TPSA) is 58.4 Å². The SMILES string of the molecule is CC(c1ccnn1-c1ccccc1)N(C)C(=O)O. The smallest absolute Gasteiger partial charge is 0.407 e. The van der Waals surface area contributed by atoms with Crippen LogP contribution >= 0.6 is 0 Å². The molecule has 0 saturated heterocycles. The van der Waals surface area contributed by atoms with Crippen molar-refractivity contribution in [3.8, 4) is 5.69 Å². The Labute approximate surface area is 105 Å². The molecule has 0 fully saturated rings. The van der Waals surface area contributed by atoms with Gasteiger partial charge in [-0.1, -0.05) is 18.2 Å². The van der Waals surface area contributed by atoms with Gasteiger partial charge in [0.25, 0.3) is 0 Å². The second-order valence-electron chi connectivity index (χ2n) is 4.07. The summed E-state index contributed by atoms with van der Waals surface area (Å²) in [5.74, 6) is 0. The lowest BCUT2D eigenvalue weighted by molar-refractivity contribution is 0.140. The van der Waals surface area contributed by atoms with Crippen molar-refractivity contribution in [2.45, 2.75) is 13.0 Å². The monoisotopic (exact) mass is 245 g/mol. The molecule has 5 heteroatoms. The summed E-state index contributed by atoms with van der Waals surface area (Å²) < 4.78 is 1.75. The van der Waals surface area contributed by atoms with Crippen LogP contribution in [0.25, 0.3) is 5.69 Å². The summed E-state index contributed by atoms with van der Waals surface area (Å²) in [5.41, 5.74) is 1.76. The van der Waals surface area contributed by atoms with Crippen LogP contribution < -0.4 is 0 Å². The van der Waals surface area contributed by atoms with Crippen LogP contribution in [0.1, 0.15) is 18.7 Å². The minimum atomic E-state index is -0.955. The Morgan fingerprint density at radius 3 is 2.61 bits per heavy atom. The zero-order chi connectivity index (χ0) is 13.1. The fourth-order valence-corrected chi connectivity index (χ4v) is 1.78. The number of aromatic nitrogens is 2. The highest BCUT2D eigenvalue weighted by Gasteiger charge is 2.20. The average Bonchev–Trinajstić information content (AvgIpc) is 2.87. The summed E-state index contributed by atoms with van der Waals surface area (Å²) in [6.45, 7) is 1.84. The summed E-state index contributed by atoms with van der Waals surface area (Å²) in [5, 5.41) is 13.3. The van der Waals surface area contributed by atoms with E-state index in [1.807, 2.05) is 43.3 Å². The number of hydrogen-bond donors (Lipinski definition) is 1. The van der Waals surface area contributed by atoms with Crippen LogP contribution in [0.3, 0.4) is 0 Å². The van der Waals surface area contributed by atoms with E-state index in [0.717, 1.165) is 11.4 Å². The normalized spacial score (nSPS) is 12.1. The lowest BCUT2D eigenvalue weighted by Gasteiger charge is -2.22. The fraction of sp³-hybridized carbons (Fsp3) is 0.231. The zero-order valence-electron chi connectivity index (χ0n) is 10.3. The zero-order valence-corrected chi connectivity index (χ0v) is 10.3. The van der Waals surface area contributed by atoms with Gasteiger partial charge in [-0.2, -0.15) is 5.10 Å². The predicted octanol–water partition coefficient (Wildman–Crippen LogP) is 2.54. The van der Waals surface area contributed by atoms with E-state index in [2.05, 4.69) is 5.10 Å². The van der Waals surface area contributed by atoms with Crippen molar-refractivity contribution in [3.63, 3.8) is 0 Å². The quantitative estimate of drug-likeness (QED) is 0.904. The standard InChI is InChI=1S/C13H15N3O2/c1-10(15(2)13(17)18)12-8-9-14-16(12)11-6-4-3-5-7-11/h3-10H,1-2H3,(H,17,18). The van der Waals surface area contributed by atoms with Crippen molar-refractivity contribution in [3.05, 3.63) is 48.3 Å². The van der Waals surface area contributed by atoms with E-state index in [-0.39, 0.29) is 6.04 Å². The summed E-state index contributed by atoms with van der Waals surface area (Å²) >= 11 is 0. The molecule has 2 aromatic rings. The lowest BCUT2D eigenvalue weighted by atomic mass is 10.2. The Bertz CT molecular complexity index is 536. The largest absolute Gasteiger partial charge is 0.465 e. The molecule has 0 aliphatic rings. The van der Waals surface area contributed by atoms with Crippen LogP contribution in [0.4, 0.5) is 4.79 Å². The van der Waals surface area contributed by atoms with Gasteiger partial charge >= 0.3 is 6.09 Å². The number of para-hydroxylation sites is 1. The van der Waals surface area contributed by atoms with E-state index in [1.54, 1.807) is 17.9 Å². The van der Waals surface area contributed by atoms with Crippen LogP contribution in [-0.2, 0) is 0 Å². The van der Waals surface area contributed by atoms with E-state index < -0.39 is 6.09 Å². The van der Waals surface area contributed by atoms with Gasteiger partial charge in [-0.3, -0.25) is 0 Å². The van der Waals surface area contributed by atoms with Gasteiger partial charge in [-0.25, -0.2) is 9.48 Å². The molecule has 0 bridgehead atoms. The first-order chi connectivity index (χ1) is 8.61. The molecular weight excluding hydrogens is 230 g/mol. The van der Waals surface area contributed by atoms with Crippen LogP contribution in [0.15, 0.2) is 42.6 Å². The number of amides is 1. The van der Waals surface area contributed by atoms with Gasteiger partial charge in [0.05, 0.1) is 17.4 Å². The van der Waals surface area contributed by atoms with Crippen molar-refractivity contribution in [1.29, 1.82) is 0 Å². The molecule has 0 saturated carbocycles. The van der Waals surface area contributed by atoms with Crippen molar-refractivity contribution < 1.29 is 9.90 Å². The molecule has 1 heterocycles. The van der Waals surface area contributed by atoms with Crippen molar-refractivity contribution in [1.82, 2.24) is 14.7 Å². The molecule has 1 aromatic carbocycles. The third-order valence-electron chi connectivity index (χ3n) is 2.98. The van der Waals surface area contributed by atoms with Gasteiger partial charge in [0.2, 0.25) is 0 Å². The molecule has 1 atom stereocenters. The molecule has 0 aliphatic heterocycles. The van der Waals surface area contributed by atoms with E-state index in [1.165, 1.54) is 4.90 Å². The van der Waals surface area contributed by atoms with Gasteiger partial charge in [0.15, 0.2) is 0 Å². The second kappa shape index (κ2) is 4.91. The molecule has 1 N–H and O–H groups in total.